The lowest BCUT2D eigenvalue weighted by atomic mass is 10.1. The molecule has 0 spiro atoms. The normalized spacial score (nSPS) is 13.1. The topological polar surface area (TPSA) is 40.5 Å². The molecule has 54 valence electrons. The van der Waals surface area contributed by atoms with E-state index in [-0.39, 0.29) is 11.9 Å². The minimum absolute atomic E-state index is 0.155. The average molecular weight is 130 g/mol. The van der Waals surface area contributed by atoms with Gasteiger partial charge < -0.3 is 10.2 Å². The molecule has 2 N–H and O–H groups in total. The molecule has 0 saturated carbocycles. The van der Waals surface area contributed by atoms with Crippen molar-refractivity contribution in [1.82, 2.24) is 0 Å². The molecular formula is C7H14O2. The first-order valence-corrected chi connectivity index (χ1v) is 3.21. The predicted molar refractivity (Wildman–Crippen MR) is 37.3 cm³/mol. The lowest BCUT2D eigenvalue weighted by Gasteiger charge is -2.04. The van der Waals surface area contributed by atoms with Crippen LogP contribution in [0, 0.1) is 0 Å². The monoisotopic (exact) mass is 130 g/mol. The lowest BCUT2D eigenvalue weighted by Crippen LogP contribution is -2.03. The van der Waals surface area contributed by atoms with Gasteiger partial charge in [-0.05, 0) is 12.8 Å². The second kappa shape index (κ2) is 4.39. The van der Waals surface area contributed by atoms with Crippen LogP contribution in [0.5, 0.6) is 0 Å². The van der Waals surface area contributed by atoms with E-state index in [1.807, 2.05) is 6.92 Å². The van der Waals surface area contributed by atoms with Crippen molar-refractivity contribution in [1.29, 1.82) is 0 Å². The Morgan fingerprint density at radius 1 is 1.67 bits per heavy atom. The first-order valence-electron chi connectivity index (χ1n) is 3.21. The van der Waals surface area contributed by atoms with E-state index in [9.17, 15) is 0 Å². The second-order valence-electron chi connectivity index (χ2n) is 2.17. The minimum atomic E-state index is -0.283. The smallest absolute Gasteiger partial charge is 0.0852 e. The zero-order valence-corrected chi connectivity index (χ0v) is 5.80. The Hall–Kier alpha value is -0.500. The number of hydrogen-bond donors (Lipinski definition) is 2. The van der Waals surface area contributed by atoms with E-state index in [2.05, 4.69) is 6.58 Å². The zero-order valence-electron chi connectivity index (χ0n) is 5.80. The lowest BCUT2D eigenvalue weighted by molar-refractivity contribution is 0.155. The Balaban J connectivity index is 3.16. The quantitative estimate of drug-likeness (QED) is 0.567. The molecule has 0 aliphatic rings. The van der Waals surface area contributed by atoms with Crippen LogP contribution in [0.15, 0.2) is 12.3 Å². The third-order valence-electron chi connectivity index (χ3n) is 1.24. The summed E-state index contributed by atoms with van der Waals surface area (Å²) >= 11 is 0. The molecule has 0 aromatic heterocycles. The van der Waals surface area contributed by atoms with Gasteiger partial charge in [0.2, 0.25) is 0 Å². The molecule has 0 fully saturated rings. The van der Waals surface area contributed by atoms with Gasteiger partial charge in [-0.15, -0.1) is 0 Å². The van der Waals surface area contributed by atoms with Gasteiger partial charge in [-0.1, -0.05) is 13.5 Å². The summed E-state index contributed by atoms with van der Waals surface area (Å²) in [5.74, 6) is 0.155. The Kier molecular flexibility index (Phi) is 4.14. The highest BCUT2D eigenvalue weighted by molar-refractivity contribution is 4.79. The van der Waals surface area contributed by atoms with Crippen molar-refractivity contribution in [2.75, 3.05) is 0 Å². The van der Waals surface area contributed by atoms with Gasteiger partial charge in [-0.3, -0.25) is 0 Å². The van der Waals surface area contributed by atoms with Gasteiger partial charge in [0.05, 0.1) is 11.9 Å². The maximum atomic E-state index is 8.95. The van der Waals surface area contributed by atoms with Crippen molar-refractivity contribution in [3.63, 3.8) is 0 Å². The van der Waals surface area contributed by atoms with Crippen molar-refractivity contribution < 1.29 is 10.2 Å². The highest BCUT2D eigenvalue weighted by Crippen LogP contribution is 2.04. The van der Waals surface area contributed by atoms with E-state index in [0.29, 0.717) is 12.8 Å². The summed E-state index contributed by atoms with van der Waals surface area (Å²) in [6.07, 6.45) is 1.59. The van der Waals surface area contributed by atoms with Gasteiger partial charge in [0, 0.05) is 6.42 Å². The van der Waals surface area contributed by atoms with Crippen LogP contribution in [0.1, 0.15) is 26.2 Å². The standard InChI is InChI=1S/C7H14O2/c1-3-7(9)5-4-6(2)8/h7-9H,2-5H2,1H3. The Labute approximate surface area is 55.8 Å². The van der Waals surface area contributed by atoms with Gasteiger partial charge in [-0.25, -0.2) is 0 Å². The number of allylic oxidation sites excluding steroid dienone is 1. The van der Waals surface area contributed by atoms with E-state index in [4.69, 9.17) is 10.2 Å². The number of hydrogen-bond acceptors (Lipinski definition) is 2. The molecule has 0 saturated heterocycles. The summed E-state index contributed by atoms with van der Waals surface area (Å²) in [6.45, 7) is 5.21. The molecule has 0 aliphatic heterocycles. The van der Waals surface area contributed by atoms with Gasteiger partial charge >= 0.3 is 0 Å². The van der Waals surface area contributed by atoms with Crippen LogP contribution >= 0.6 is 0 Å². The molecule has 0 amide bonds. The summed E-state index contributed by atoms with van der Waals surface area (Å²) in [5.41, 5.74) is 0. The minimum Gasteiger partial charge on any atom is -0.513 e. The van der Waals surface area contributed by atoms with Crippen molar-refractivity contribution >= 4 is 0 Å². The highest BCUT2D eigenvalue weighted by Gasteiger charge is 1.99. The molecule has 9 heavy (non-hydrogen) atoms. The predicted octanol–water partition coefficient (Wildman–Crippen LogP) is 1.61. The fraction of sp³-hybridized carbons (Fsp3) is 0.714. The summed E-state index contributed by atoms with van der Waals surface area (Å²) in [6, 6.07) is 0. The van der Waals surface area contributed by atoms with Crippen molar-refractivity contribution in [3.05, 3.63) is 12.3 Å². The van der Waals surface area contributed by atoms with E-state index >= 15 is 0 Å². The van der Waals surface area contributed by atoms with Crippen LogP contribution in [0.2, 0.25) is 0 Å². The molecule has 2 heteroatoms. The molecule has 1 atom stereocenters. The largest absolute Gasteiger partial charge is 0.513 e. The highest BCUT2D eigenvalue weighted by atomic mass is 16.3. The van der Waals surface area contributed by atoms with Gasteiger partial charge in [0.1, 0.15) is 0 Å². The maximum Gasteiger partial charge on any atom is 0.0852 e. The Morgan fingerprint density at radius 2 is 2.22 bits per heavy atom. The summed E-state index contributed by atoms with van der Waals surface area (Å²) in [4.78, 5) is 0. The van der Waals surface area contributed by atoms with E-state index in [1.165, 1.54) is 0 Å². The molecular weight excluding hydrogens is 116 g/mol. The molecule has 0 aromatic rings. The number of aliphatic hydroxyl groups excluding tert-OH is 2. The fourth-order valence-electron chi connectivity index (χ4n) is 0.537. The molecule has 0 aliphatic carbocycles. The van der Waals surface area contributed by atoms with Crippen molar-refractivity contribution in [2.24, 2.45) is 0 Å². The van der Waals surface area contributed by atoms with Gasteiger partial charge in [0.25, 0.3) is 0 Å². The van der Waals surface area contributed by atoms with Crippen LogP contribution in [0.3, 0.4) is 0 Å². The number of aliphatic hydroxyl groups is 2. The SMILES string of the molecule is C=C(O)CCC(O)CC. The fourth-order valence-corrected chi connectivity index (χ4v) is 0.537. The van der Waals surface area contributed by atoms with E-state index < -0.39 is 0 Å². The summed E-state index contributed by atoms with van der Waals surface area (Å²) < 4.78 is 0. The molecule has 0 rings (SSSR count). The Bertz CT molecular complexity index is 88.9. The van der Waals surface area contributed by atoms with Crippen LogP contribution in [0.25, 0.3) is 0 Å². The van der Waals surface area contributed by atoms with Crippen LogP contribution in [0.4, 0.5) is 0 Å². The van der Waals surface area contributed by atoms with Gasteiger partial charge in [-0.2, -0.15) is 0 Å². The summed E-state index contributed by atoms with van der Waals surface area (Å²) in [5, 5.41) is 17.5. The molecule has 0 aromatic carbocycles. The summed E-state index contributed by atoms with van der Waals surface area (Å²) in [7, 11) is 0. The average Bonchev–Trinajstić information content (AvgIpc) is 1.83. The molecule has 0 heterocycles. The third kappa shape index (κ3) is 5.37. The van der Waals surface area contributed by atoms with E-state index in [1.54, 1.807) is 0 Å². The maximum absolute atomic E-state index is 8.95. The van der Waals surface area contributed by atoms with Crippen LogP contribution < -0.4 is 0 Å². The van der Waals surface area contributed by atoms with E-state index in [0.717, 1.165) is 6.42 Å². The zero-order chi connectivity index (χ0) is 7.28. The first-order chi connectivity index (χ1) is 4.16. The second-order valence-corrected chi connectivity index (χ2v) is 2.17. The van der Waals surface area contributed by atoms with Crippen LogP contribution in [-0.4, -0.2) is 16.3 Å². The van der Waals surface area contributed by atoms with Crippen molar-refractivity contribution in [3.8, 4) is 0 Å². The molecule has 0 bridgehead atoms. The molecule has 1 unspecified atom stereocenters. The molecule has 0 radical (unpaired) electrons. The Morgan fingerprint density at radius 3 is 2.56 bits per heavy atom. The van der Waals surface area contributed by atoms with Gasteiger partial charge in [0.15, 0.2) is 0 Å². The first kappa shape index (κ1) is 8.50. The third-order valence-corrected chi connectivity index (χ3v) is 1.24. The molecule has 2 nitrogen and oxygen atoms in total. The van der Waals surface area contributed by atoms with Crippen LogP contribution in [-0.2, 0) is 0 Å². The number of rotatable bonds is 4. The van der Waals surface area contributed by atoms with Crippen molar-refractivity contribution in [2.45, 2.75) is 32.3 Å².